The van der Waals surface area contributed by atoms with Crippen LogP contribution in [-0.4, -0.2) is 23.1 Å². The summed E-state index contributed by atoms with van der Waals surface area (Å²) in [6.45, 7) is 2.15. The molecule has 0 aromatic heterocycles. The first-order valence-corrected chi connectivity index (χ1v) is 6.97. The molecule has 5 nitrogen and oxygen atoms in total. The molecule has 108 valence electrons. The lowest BCUT2D eigenvalue weighted by atomic mass is 9.86. The van der Waals surface area contributed by atoms with Gasteiger partial charge in [0.05, 0.1) is 5.56 Å². The lowest BCUT2D eigenvalue weighted by Gasteiger charge is -2.29. The number of hydrogen-bond donors (Lipinski definition) is 3. The number of carboxylic acids is 1. The van der Waals surface area contributed by atoms with Gasteiger partial charge in [-0.2, -0.15) is 0 Å². The molecule has 3 N–H and O–H groups in total. The number of hydrogen-bond acceptors (Lipinski definition) is 2. The van der Waals surface area contributed by atoms with Gasteiger partial charge in [-0.15, -0.1) is 0 Å². The van der Waals surface area contributed by atoms with Crippen LogP contribution < -0.4 is 10.6 Å². The van der Waals surface area contributed by atoms with Gasteiger partial charge >= 0.3 is 12.0 Å². The summed E-state index contributed by atoms with van der Waals surface area (Å²) < 4.78 is 0. The number of benzene rings is 1. The van der Waals surface area contributed by atoms with Crippen molar-refractivity contribution >= 4 is 17.7 Å². The Morgan fingerprint density at radius 2 is 2.00 bits per heavy atom. The van der Waals surface area contributed by atoms with E-state index in [-0.39, 0.29) is 17.6 Å². The van der Waals surface area contributed by atoms with E-state index in [4.69, 9.17) is 5.11 Å². The maximum absolute atomic E-state index is 11.9. The molecule has 2 rings (SSSR count). The molecule has 0 heterocycles. The van der Waals surface area contributed by atoms with Crippen molar-refractivity contribution in [2.24, 2.45) is 5.92 Å². The Labute approximate surface area is 118 Å². The van der Waals surface area contributed by atoms with Crippen molar-refractivity contribution in [1.29, 1.82) is 0 Å². The first-order valence-electron chi connectivity index (χ1n) is 6.97. The van der Waals surface area contributed by atoms with Gasteiger partial charge in [-0.3, -0.25) is 0 Å². The SMILES string of the molecule is CC1CCCCC1NC(=O)Nc1cccc(C(=O)O)c1. The number of urea groups is 1. The van der Waals surface area contributed by atoms with Gasteiger partial charge in [0.15, 0.2) is 0 Å². The van der Waals surface area contributed by atoms with Gasteiger partial charge in [-0.05, 0) is 37.0 Å². The summed E-state index contributed by atoms with van der Waals surface area (Å²) in [5.74, 6) is -0.519. The van der Waals surface area contributed by atoms with Crippen LogP contribution in [0.1, 0.15) is 43.0 Å². The van der Waals surface area contributed by atoms with Crippen LogP contribution in [-0.2, 0) is 0 Å². The minimum atomic E-state index is -1.00. The molecule has 1 aromatic carbocycles. The van der Waals surface area contributed by atoms with E-state index in [9.17, 15) is 9.59 Å². The summed E-state index contributed by atoms with van der Waals surface area (Å²) in [4.78, 5) is 22.8. The second kappa shape index (κ2) is 6.41. The third-order valence-corrected chi connectivity index (χ3v) is 3.80. The van der Waals surface area contributed by atoms with Crippen LogP contribution in [0, 0.1) is 5.92 Å². The van der Waals surface area contributed by atoms with Gasteiger partial charge in [-0.25, -0.2) is 9.59 Å². The Kier molecular flexibility index (Phi) is 4.61. The van der Waals surface area contributed by atoms with Crippen LogP contribution in [0.5, 0.6) is 0 Å². The van der Waals surface area contributed by atoms with Crippen LogP contribution in [0.3, 0.4) is 0 Å². The average molecular weight is 276 g/mol. The van der Waals surface area contributed by atoms with E-state index in [2.05, 4.69) is 17.6 Å². The van der Waals surface area contributed by atoms with E-state index >= 15 is 0 Å². The lowest BCUT2D eigenvalue weighted by Crippen LogP contribution is -2.43. The van der Waals surface area contributed by atoms with Crippen molar-refractivity contribution in [2.75, 3.05) is 5.32 Å². The molecule has 0 saturated heterocycles. The minimum absolute atomic E-state index is 0.161. The highest BCUT2D eigenvalue weighted by Gasteiger charge is 2.22. The maximum atomic E-state index is 11.9. The Morgan fingerprint density at radius 3 is 2.70 bits per heavy atom. The molecule has 5 heteroatoms. The lowest BCUT2D eigenvalue weighted by molar-refractivity contribution is 0.0697. The zero-order valence-electron chi connectivity index (χ0n) is 11.6. The molecule has 1 aliphatic rings. The van der Waals surface area contributed by atoms with Gasteiger partial charge in [-0.1, -0.05) is 25.8 Å². The first-order chi connectivity index (χ1) is 9.56. The maximum Gasteiger partial charge on any atom is 0.335 e. The van der Waals surface area contributed by atoms with Gasteiger partial charge in [0.1, 0.15) is 0 Å². The number of anilines is 1. The second-order valence-electron chi connectivity index (χ2n) is 5.35. The molecule has 2 amide bonds. The van der Waals surface area contributed by atoms with Crippen molar-refractivity contribution in [1.82, 2.24) is 5.32 Å². The molecular weight excluding hydrogens is 256 g/mol. The molecule has 20 heavy (non-hydrogen) atoms. The number of carbonyl (C=O) groups is 2. The van der Waals surface area contributed by atoms with Gasteiger partial charge in [0, 0.05) is 11.7 Å². The summed E-state index contributed by atoms with van der Waals surface area (Å²) in [6.07, 6.45) is 4.51. The number of amides is 2. The summed E-state index contributed by atoms with van der Waals surface area (Å²) in [5.41, 5.74) is 0.652. The quantitative estimate of drug-likeness (QED) is 0.793. The van der Waals surface area contributed by atoms with Crippen LogP contribution >= 0.6 is 0 Å². The molecule has 0 radical (unpaired) electrons. The average Bonchev–Trinajstić information content (AvgIpc) is 2.41. The third kappa shape index (κ3) is 3.73. The molecule has 1 saturated carbocycles. The monoisotopic (exact) mass is 276 g/mol. The van der Waals surface area contributed by atoms with E-state index in [1.165, 1.54) is 18.6 Å². The van der Waals surface area contributed by atoms with Crippen molar-refractivity contribution in [3.63, 3.8) is 0 Å². The van der Waals surface area contributed by atoms with Gasteiger partial charge in [0.2, 0.25) is 0 Å². The zero-order valence-corrected chi connectivity index (χ0v) is 11.6. The Morgan fingerprint density at radius 1 is 1.25 bits per heavy atom. The normalized spacial score (nSPS) is 22.1. The number of aromatic carboxylic acids is 1. The fourth-order valence-corrected chi connectivity index (χ4v) is 2.60. The van der Waals surface area contributed by atoms with E-state index in [0.717, 1.165) is 19.3 Å². The molecule has 0 aliphatic heterocycles. The highest BCUT2D eigenvalue weighted by Crippen LogP contribution is 2.23. The number of carboxylic acid groups (broad SMARTS) is 1. The zero-order chi connectivity index (χ0) is 14.5. The second-order valence-corrected chi connectivity index (χ2v) is 5.35. The Balaban J connectivity index is 1.94. The molecule has 1 aliphatic carbocycles. The van der Waals surface area contributed by atoms with Crippen molar-refractivity contribution in [3.8, 4) is 0 Å². The van der Waals surface area contributed by atoms with E-state index < -0.39 is 5.97 Å². The summed E-state index contributed by atoms with van der Waals surface area (Å²) in [5, 5.41) is 14.6. The predicted molar refractivity (Wildman–Crippen MR) is 77.0 cm³/mol. The number of rotatable bonds is 3. The van der Waals surface area contributed by atoms with Crippen molar-refractivity contribution < 1.29 is 14.7 Å². The molecule has 1 aromatic rings. The van der Waals surface area contributed by atoms with Crippen molar-refractivity contribution in [3.05, 3.63) is 29.8 Å². The number of nitrogens with one attached hydrogen (secondary N) is 2. The smallest absolute Gasteiger partial charge is 0.335 e. The van der Waals surface area contributed by atoms with Gasteiger partial charge < -0.3 is 15.7 Å². The predicted octanol–water partition coefficient (Wildman–Crippen LogP) is 3.09. The van der Waals surface area contributed by atoms with E-state index in [0.29, 0.717) is 11.6 Å². The molecule has 0 spiro atoms. The van der Waals surface area contributed by atoms with Crippen LogP contribution in [0.25, 0.3) is 0 Å². The standard InChI is InChI=1S/C15H20N2O3/c1-10-5-2-3-8-13(10)17-15(20)16-12-7-4-6-11(9-12)14(18)19/h4,6-7,9-10,13H,2-3,5,8H2,1H3,(H,18,19)(H2,16,17,20). The fourth-order valence-electron chi connectivity index (χ4n) is 2.60. The van der Waals surface area contributed by atoms with Crippen molar-refractivity contribution in [2.45, 2.75) is 38.6 Å². The fraction of sp³-hybridized carbons (Fsp3) is 0.467. The molecule has 0 bridgehead atoms. The minimum Gasteiger partial charge on any atom is -0.478 e. The first kappa shape index (κ1) is 14.4. The van der Waals surface area contributed by atoms with E-state index in [1.807, 2.05) is 0 Å². The summed E-state index contributed by atoms with van der Waals surface area (Å²) >= 11 is 0. The Bertz CT molecular complexity index is 502. The van der Waals surface area contributed by atoms with Crippen LogP contribution in [0.4, 0.5) is 10.5 Å². The van der Waals surface area contributed by atoms with Crippen LogP contribution in [0.2, 0.25) is 0 Å². The largest absolute Gasteiger partial charge is 0.478 e. The van der Waals surface area contributed by atoms with E-state index in [1.54, 1.807) is 12.1 Å². The topological polar surface area (TPSA) is 78.4 Å². The third-order valence-electron chi connectivity index (χ3n) is 3.80. The summed E-state index contributed by atoms with van der Waals surface area (Å²) in [7, 11) is 0. The molecule has 2 atom stereocenters. The number of carbonyl (C=O) groups excluding carboxylic acids is 1. The molecular formula is C15H20N2O3. The van der Waals surface area contributed by atoms with Crippen LogP contribution in [0.15, 0.2) is 24.3 Å². The highest BCUT2D eigenvalue weighted by atomic mass is 16.4. The highest BCUT2D eigenvalue weighted by molar-refractivity contribution is 5.93. The molecule has 1 fully saturated rings. The molecule has 2 unspecified atom stereocenters. The Hall–Kier alpha value is -2.04. The summed E-state index contributed by atoms with van der Waals surface area (Å²) in [6, 6.07) is 6.16. The van der Waals surface area contributed by atoms with Gasteiger partial charge in [0.25, 0.3) is 0 Å².